The molecule has 1 rings (SSSR count). The maximum Gasteiger partial charge on any atom is 0.258 e. The molecule has 0 aliphatic rings. The summed E-state index contributed by atoms with van der Waals surface area (Å²) in [5.74, 6) is 0.518. The Bertz CT molecular complexity index is 339. The predicted molar refractivity (Wildman–Crippen MR) is 61.4 cm³/mol. The van der Waals surface area contributed by atoms with Crippen molar-refractivity contribution in [3.05, 3.63) is 29.8 Å². The second-order valence-electron chi connectivity index (χ2n) is 3.32. The van der Waals surface area contributed by atoms with Gasteiger partial charge in [-0.15, -0.1) is 0 Å². The Kier molecular flexibility index (Phi) is 5.36. The first-order chi connectivity index (χ1) is 7.77. The van der Waals surface area contributed by atoms with Crippen molar-refractivity contribution in [1.29, 1.82) is 0 Å². The predicted octanol–water partition coefficient (Wildman–Crippen LogP) is 0.736. The number of carbonyl (C=O) groups is 1. The van der Waals surface area contributed by atoms with Gasteiger partial charge in [0.25, 0.3) is 5.91 Å². The maximum atomic E-state index is 11.2. The molecule has 1 aromatic carbocycles. The van der Waals surface area contributed by atoms with Gasteiger partial charge in [0.15, 0.2) is 6.61 Å². The number of hydrogen-bond donors (Lipinski definition) is 2. The molecule has 2 N–H and O–H groups in total. The molecule has 4 nitrogen and oxygen atoms in total. The van der Waals surface area contributed by atoms with Gasteiger partial charge in [-0.3, -0.25) is 4.79 Å². The first-order valence-corrected chi connectivity index (χ1v) is 5.36. The highest BCUT2D eigenvalue weighted by Crippen LogP contribution is 2.17. The number of hydrogen-bond acceptors (Lipinski definition) is 3. The number of benzene rings is 1. The van der Waals surface area contributed by atoms with E-state index in [9.17, 15) is 4.79 Å². The lowest BCUT2D eigenvalue weighted by atomic mass is 10.1. The molecule has 0 aliphatic heterocycles. The van der Waals surface area contributed by atoms with E-state index in [4.69, 9.17) is 9.84 Å². The quantitative estimate of drug-likeness (QED) is 0.747. The minimum atomic E-state index is -0.222. The molecular weight excluding hydrogens is 206 g/mol. The largest absolute Gasteiger partial charge is 0.483 e. The van der Waals surface area contributed by atoms with Gasteiger partial charge >= 0.3 is 0 Å². The molecule has 0 saturated heterocycles. The van der Waals surface area contributed by atoms with Gasteiger partial charge in [-0.25, -0.2) is 0 Å². The smallest absolute Gasteiger partial charge is 0.258 e. The van der Waals surface area contributed by atoms with Crippen LogP contribution < -0.4 is 10.1 Å². The van der Waals surface area contributed by atoms with Gasteiger partial charge in [-0.05, 0) is 18.1 Å². The van der Waals surface area contributed by atoms with Crippen LogP contribution in [0.1, 0.15) is 12.5 Å². The topological polar surface area (TPSA) is 58.6 Å². The Morgan fingerprint density at radius 2 is 2.19 bits per heavy atom. The van der Waals surface area contributed by atoms with Crippen LogP contribution in [0.3, 0.4) is 0 Å². The van der Waals surface area contributed by atoms with Crippen LogP contribution in [0.4, 0.5) is 0 Å². The second-order valence-corrected chi connectivity index (χ2v) is 3.32. The Balaban J connectivity index is 2.44. The summed E-state index contributed by atoms with van der Waals surface area (Å²) in [6, 6.07) is 7.64. The van der Waals surface area contributed by atoms with E-state index in [0.29, 0.717) is 0 Å². The lowest BCUT2D eigenvalue weighted by Crippen LogP contribution is -2.31. The molecule has 88 valence electrons. The van der Waals surface area contributed by atoms with Crippen LogP contribution in [-0.4, -0.2) is 30.8 Å². The van der Waals surface area contributed by atoms with Crippen LogP contribution in [-0.2, 0) is 11.2 Å². The van der Waals surface area contributed by atoms with E-state index in [2.05, 4.69) is 5.32 Å². The first-order valence-electron chi connectivity index (χ1n) is 5.36. The van der Waals surface area contributed by atoms with Crippen LogP contribution in [0.25, 0.3) is 0 Å². The number of nitrogens with one attached hydrogen (secondary N) is 1. The summed E-state index contributed by atoms with van der Waals surface area (Å²) >= 11 is 0. The van der Waals surface area contributed by atoms with Crippen molar-refractivity contribution >= 4 is 5.91 Å². The number of amides is 1. The average Bonchev–Trinajstić information content (AvgIpc) is 2.34. The molecule has 0 unspecified atom stereocenters. The summed E-state index contributed by atoms with van der Waals surface area (Å²) < 4.78 is 5.39. The maximum absolute atomic E-state index is 11.2. The molecule has 0 radical (unpaired) electrons. The highest BCUT2D eigenvalue weighted by molar-refractivity contribution is 5.77. The van der Waals surface area contributed by atoms with E-state index in [1.54, 1.807) is 0 Å². The van der Waals surface area contributed by atoms with Gasteiger partial charge in [0, 0.05) is 6.54 Å². The number of rotatable bonds is 6. The van der Waals surface area contributed by atoms with E-state index in [0.717, 1.165) is 17.7 Å². The molecule has 0 saturated carbocycles. The minimum absolute atomic E-state index is 0.0169. The summed E-state index contributed by atoms with van der Waals surface area (Å²) in [6.07, 6.45) is 0.869. The fourth-order valence-electron chi connectivity index (χ4n) is 1.33. The van der Waals surface area contributed by atoms with Crippen LogP contribution >= 0.6 is 0 Å². The van der Waals surface area contributed by atoms with Crippen molar-refractivity contribution in [2.24, 2.45) is 0 Å². The number of aliphatic hydroxyl groups is 1. The van der Waals surface area contributed by atoms with E-state index in [1.165, 1.54) is 0 Å². The van der Waals surface area contributed by atoms with Crippen molar-refractivity contribution in [3.8, 4) is 5.75 Å². The Morgan fingerprint density at radius 1 is 1.44 bits per heavy atom. The van der Waals surface area contributed by atoms with Gasteiger partial charge in [0.2, 0.25) is 0 Å². The Hall–Kier alpha value is -1.55. The van der Waals surface area contributed by atoms with E-state index < -0.39 is 0 Å². The zero-order valence-electron chi connectivity index (χ0n) is 9.40. The van der Waals surface area contributed by atoms with Gasteiger partial charge in [-0.1, -0.05) is 25.1 Å². The zero-order valence-corrected chi connectivity index (χ0v) is 9.40. The number of carbonyl (C=O) groups excluding carboxylic acids is 1. The molecule has 1 amide bonds. The molecule has 1 aromatic rings. The summed E-state index contributed by atoms with van der Waals surface area (Å²) in [7, 11) is 0. The fourth-order valence-corrected chi connectivity index (χ4v) is 1.33. The normalized spacial score (nSPS) is 9.88. The fraction of sp³-hybridized carbons (Fsp3) is 0.417. The average molecular weight is 223 g/mol. The molecule has 0 heterocycles. The molecular formula is C12H17NO3. The van der Waals surface area contributed by atoms with Crippen molar-refractivity contribution in [2.45, 2.75) is 13.3 Å². The molecule has 0 bridgehead atoms. The number of aliphatic hydroxyl groups excluding tert-OH is 1. The SMILES string of the molecule is CCc1ccccc1OCC(=O)NCCO. The van der Waals surface area contributed by atoms with E-state index in [1.807, 2.05) is 31.2 Å². The minimum Gasteiger partial charge on any atom is -0.483 e. The van der Waals surface area contributed by atoms with Gasteiger partial charge in [0.05, 0.1) is 6.61 Å². The lowest BCUT2D eigenvalue weighted by molar-refractivity contribution is -0.123. The number of para-hydroxylation sites is 1. The second kappa shape index (κ2) is 6.85. The molecule has 4 heteroatoms. The highest BCUT2D eigenvalue weighted by atomic mass is 16.5. The number of aryl methyl sites for hydroxylation is 1. The summed E-state index contributed by atoms with van der Waals surface area (Å²) in [4.78, 5) is 11.2. The highest BCUT2D eigenvalue weighted by Gasteiger charge is 2.04. The molecule has 0 spiro atoms. The Morgan fingerprint density at radius 3 is 2.88 bits per heavy atom. The van der Waals surface area contributed by atoms with Crippen LogP contribution in [0.2, 0.25) is 0 Å². The van der Waals surface area contributed by atoms with Gasteiger partial charge in [0.1, 0.15) is 5.75 Å². The molecule has 0 atom stereocenters. The first kappa shape index (κ1) is 12.5. The summed E-state index contributed by atoms with van der Waals surface area (Å²) in [5.41, 5.74) is 1.08. The van der Waals surface area contributed by atoms with Crippen LogP contribution in [0, 0.1) is 0 Å². The van der Waals surface area contributed by atoms with Crippen molar-refractivity contribution in [1.82, 2.24) is 5.32 Å². The standard InChI is InChI=1S/C12H17NO3/c1-2-10-5-3-4-6-11(10)16-9-12(15)13-7-8-14/h3-6,14H,2,7-9H2,1H3,(H,13,15). The molecule has 0 aromatic heterocycles. The van der Waals surface area contributed by atoms with Crippen LogP contribution in [0.15, 0.2) is 24.3 Å². The zero-order chi connectivity index (χ0) is 11.8. The number of ether oxygens (including phenoxy) is 1. The third-order valence-electron chi connectivity index (χ3n) is 2.15. The van der Waals surface area contributed by atoms with Crippen molar-refractivity contribution < 1.29 is 14.6 Å². The third kappa shape index (κ3) is 3.90. The summed E-state index contributed by atoms with van der Waals surface area (Å²) in [5, 5.41) is 11.1. The summed E-state index contributed by atoms with van der Waals surface area (Å²) in [6.45, 7) is 2.22. The molecule has 0 aliphatic carbocycles. The van der Waals surface area contributed by atoms with Crippen molar-refractivity contribution in [2.75, 3.05) is 19.8 Å². The van der Waals surface area contributed by atoms with Crippen LogP contribution in [0.5, 0.6) is 5.75 Å². The van der Waals surface area contributed by atoms with Crippen molar-refractivity contribution in [3.63, 3.8) is 0 Å². The monoisotopic (exact) mass is 223 g/mol. The van der Waals surface area contributed by atoms with E-state index in [-0.39, 0.29) is 25.7 Å². The third-order valence-corrected chi connectivity index (χ3v) is 2.15. The molecule has 16 heavy (non-hydrogen) atoms. The van der Waals surface area contributed by atoms with Gasteiger partial charge in [-0.2, -0.15) is 0 Å². The van der Waals surface area contributed by atoms with Gasteiger partial charge < -0.3 is 15.2 Å². The molecule has 0 fully saturated rings. The lowest BCUT2D eigenvalue weighted by Gasteiger charge is -2.09. The van der Waals surface area contributed by atoms with E-state index >= 15 is 0 Å². The Labute approximate surface area is 95.2 Å².